The topological polar surface area (TPSA) is 37.3 Å². The Bertz CT molecular complexity index is 457. The van der Waals surface area contributed by atoms with Crippen LogP contribution in [-0.2, 0) is 0 Å². The molecule has 0 aliphatic heterocycles. The van der Waals surface area contributed by atoms with Gasteiger partial charge in [-0.05, 0) is 24.6 Å². The second-order valence-electron chi connectivity index (χ2n) is 6.37. The van der Waals surface area contributed by atoms with Gasteiger partial charge in [0.25, 0.3) is 0 Å². The number of rotatable bonds is 13. The number of carbonyl (C=O) groups excluding carboxylic acids is 1. The third-order valence-electron chi connectivity index (χ3n) is 4.27. The number of halogens is 1. The summed E-state index contributed by atoms with van der Waals surface area (Å²) in [6.45, 7) is 2.25. The number of ketones is 1. The Morgan fingerprint density at radius 2 is 1.43 bits per heavy atom. The van der Waals surface area contributed by atoms with Gasteiger partial charge in [0.2, 0.25) is 0 Å². The van der Waals surface area contributed by atoms with Gasteiger partial charge in [-0.3, -0.25) is 4.79 Å². The van der Waals surface area contributed by atoms with Gasteiger partial charge in [-0.25, -0.2) is 0 Å². The number of phenolic OH excluding ortho intramolecular Hbond substituents is 1. The first-order valence-electron chi connectivity index (χ1n) is 9.17. The van der Waals surface area contributed by atoms with Crippen molar-refractivity contribution >= 4 is 17.4 Å². The molecule has 0 bridgehead atoms. The Labute approximate surface area is 146 Å². The number of hydrogen-bond acceptors (Lipinski definition) is 2. The van der Waals surface area contributed by atoms with E-state index in [1.54, 1.807) is 12.1 Å². The molecule has 2 nitrogen and oxygen atoms in total. The number of unbranched alkanes of at least 4 members (excludes halogenated alkanes) is 10. The van der Waals surface area contributed by atoms with Gasteiger partial charge in [-0.2, -0.15) is 0 Å². The van der Waals surface area contributed by atoms with Gasteiger partial charge in [-0.1, -0.05) is 82.7 Å². The van der Waals surface area contributed by atoms with E-state index in [0.29, 0.717) is 17.0 Å². The minimum atomic E-state index is -0.0130. The van der Waals surface area contributed by atoms with Crippen molar-refractivity contribution in [1.29, 1.82) is 0 Å². The van der Waals surface area contributed by atoms with Crippen LogP contribution >= 0.6 is 11.6 Å². The van der Waals surface area contributed by atoms with Crippen LogP contribution < -0.4 is 0 Å². The monoisotopic (exact) mass is 338 g/mol. The van der Waals surface area contributed by atoms with Crippen LogP contribution in [0.15, 0.2) is 18.2 Å². The average Bonchev–Trinajstić information content (AvgIpc) is 2.54. The molecular formula is C20H31ClO2. The molecule has 1 aromatic rings. The van der Waals surface area contributed by atoms with Crippen LogP contribution in [0.5, 0.6) is 5.75 Å². The van der Waals surface area contributed by atoms with Gasteiger partial charge in [0.1, 0.15) is 5.75 Å². The fourth-order valence-electron chi connectivity index (χ4n) is 2.82. The van der Waals surface area contributed by atoms with E-state index in [4.69, 9.17) is 11.6 Å². The van der Waals surface area contributed by atoms with Crippen LogP contribution in [0, 0.1) is 0 Å². The summed E-state index contributed by atoms with van der Waals surface area (Å²) in [5.41, 5.74) is 0.351. The van der Waals surface area contributed by atoms with Crippen LogP contribution in [0.25, 0.3) is 0 Å². The van der Waals surface area contributed by atoms with E-state index >= 15 is 0 Å². The van der Waals surface area contributed by atoms with Crippen molar-refractivity contribution < 1.29 is 9.90 Å². The Balaban J connectivity index is 2.02. The summed E-state index contributed by atoms with van der Waals surface area (Å²) in [5, 5.41) is 10.2. The average molecular weight is 339 g/mol. The number of carbonyl (C=O) groups is 1. The van der Waals surface area contributed by atoms with E-state index in [9.17, 15) is 9.90 Å². The number of Topliss-reactive ketones (excluding diaryl/α,β-unsaturated/α-hetero) is 1. The van der Waals surface area contributed by atoms with Crippen molar-refractivity contribution in [3.63, 3.8) is 0 Å². The molecule has 0 saturated carbocycles. The van der Waals surface area contributed by atoms with Crippen molar-refractivity contribution in [2.45, 2.75) is 84.0 Å². The summed E-state index contributed by atoms with van der Waals surface area (Å²) in [4.78, 5) is 12.1. The van der Waals surface area contributed by atoms with Crippen LogP contribution in [0.2, 0.25) is 5.02 Å². The maximum absolute atomic E-state index is 12.1. The summed E-state index contributed by atoms with van der Waals surface area (Å²) < 4.78 is 0. The molecule has 0 spiro atoms. The standard InChI is InChI=1S/C20H31ClO2/c1-2-3-4-5-6-7-8-9-10-11-12-13-19(22)18-16-17(21)14-15-20(18)23/h14-16,23H,2-13H2,1H3. The third-order valence-corrected chi connectivity index (χ3v) is 4.50. The van der Waals surface area contributed by atoms with Crippen LogP contribution in [-0.4, -0.2) is 10.9 Å². The number of aromatic hydroxyl groups is 1. The fourth-order valence-corrected chi connectivity index (χ4v) is 2.99. The Kier molecular flexibility index (Phi) is 10.8. The highest BCUT2D eigenvalue weighted by molar-refractivity contribution is 6.31. The van der Waals surface area contributed by atoms with Crippen LogP contribution in [0.1, 0.15) is 94.3 Å². The lowest BCUT2D eigenvalue weighted by molar-refractivity contribution is 0.0976. The molecule has 0 fully saturated rings. The molecule has 0 unspecified atom stereocenters. The molecule has 1 aromatic carbocycles. The first-order valence-corrected chi connectivity index (χ1v) is 9.54. The molecule has 0 aliphatic rings. The smallest absolute Gasteiger partial charge is 0.166 e. The molecular weight excluding hydrogens is 308 g/mol. The zero-order valence-electron chi connectivity index (χ0n) is 14.5. The van der Waals surface area contributed by atoms with E-state index in [1.807, 2.05) is 0 Å². The zero-order chi connectivity index (χ0) is 16.9. The van der Waals surface area contributed by atoms with Gasteiger partial charge >= 0.3 is 0 Å². The highest BCUT2D eigenvalue weighted by Crippen LogP contribution is 2.23. The number of hydrogen-bond donors (Lipinski definition) is 1. The first-order chi connectivity index (χ1) is 11.1. The summed E-state index contributed by atoms with van der Waals surface area (Å²) in [7, 11) is 0. The lowest BCUT2D eigenvalue weighted by Crippen LogP contribution is -1.99. The van der Waals surface area contributed by atoms with E-state index in [1.165, 1.54) is 63.9 Å². The van der Waals surface area contributed by atoms with E-state index < -0.39 is 0 Å². The van der Waals surface area contributed by atoms with Crippen molar-refractivity contribution in [1.82, 2.24) is 0 Å². The number of benzene rings is 1. The van der Waals surface area contributed by atoms with Crippen molar-refractivity contribution in [3.05, 3.63) is 28.8 Å². The summed E-state index contributed by atoms with van der Waals surface area (Å²) in [6.07, 6.45) is 14.4. The molecule has 0 aliphatic carbocycles. The lowest BCUT2D eigenvalue weighted by atomic mass is 10.0. The maximum Gasteiger partial charge on any atom is 0.166 e. The molecule has 0 amide bonds. The highest BCUT2D eigenvalue weighted by Gasteiger charge is 2.11. The molecule has 1 N–H and O–H groups in total. The fraction of sp³-hybridized carbons (Fsp3) is 0.650. The minimum absolute atomic E-state index is 0.0130. The Morgan fingerprint density at radius 3 is 2.00 bits per heavy atom. The largest absolute Gasteiger partial charge is 0.507 e. The van der Waals surface area contributed by atoms with Crippen molar-refractivity contribution in [3.8, 4) is 5.75 Å². The molecule has 1 rings (SSSR count). The molecule has 0 saturated heterocycles. The molecule has 3 heteroatoms. The third kappa shape index (κ3) is 9.00. The first kappa shape index (κ1) is 20.0. The second-order valence-corrected chi connectivity index (χ2v) is 6.81. The van der Waals surface area contributed by atoms with Crippen molar-refractivity contribution in [2.24, 2.45) is 0 Å². The molecule has 0 radical (unpaired) electrons. The van der Waals surface area contributed by atoms with Crippen LogP contribution in [0.4, 0.5) is 0 Å². The summed E-state index contributed by atoms with van der Waals surface area (Å²) in [6, 6.07) is 4.63. The number of phenols is 1. The van der Waals surface area contributed by atoms with E-state index in [2.05, 4.69) is 6.92 Å². The summed E-state index contributed by atoms with van der Waals surface area (Å²) in [5.74, 6) is 0.0170. The predicted molar refractivity (Wildman–Crippen MR) is 98.5 cm³/mol. The molecule has 130 valence electrons. The zero-order valence-corrected chi connectivity index (χ0v) is 15.2. The van der Waals surface area contributed by atoms with Gasteiger partial charge in [0.05, 0.1) is 5.56 Å². The maximum atomic E-state index is 12.1. The normalized spacial score (nSPS) is 10.9. The highest BCUT2D eigenvalue weighted by atomic mass is 35.5. The van der Waals surface area contributed by atoms with Gasteiger partial charge in [0, 0.05) is 11.4 Å². The molecule has 0 aromatic heterocycles. The Hall–Kier alpha value is -1.02. The van der Waals surface area contributed by atoms with Crippen LogP contribution in [0.3, 0.4) is 0 Å². The quantitative estimate of drug-likeness (QED) is 0.312. The van der Waals surface area contributed by atoms with E-state index in [0.717, 1.165) is 12.8 Å². The van der Waals surface area contributed by atoms with Crippen molar-refractivity contribution in [2.75, 3.05) is 0 Å². The van der Waals surface area contributed by atoms with Gasteiger partial charge < -0.3 is 5.11 Å². The summed E-state index contributed by atoms with van der Waals surface area (Å²) >= 11 is 5.87. The molecule has 23 heavy (non-hydrogen) atoms. The van der Waals surface area contributed by atoms with Gasteiger partial charge in [0.15, 0.2) is 5.78 Å². The van der Waals surface area contributed by atoms with E-state index in [-0.39, 0.29) is 11.5 Å². The van der Waals surface area contributed by atoms with Gasteiger partial charge in [-0.15, -0.1) is 0 Å². The molecule has 0 atom stereocenters. The molecule has 0 heterocycles. The predicted octanol–water partition coefficient (Wildman–Crippen LogP) is 6.93. The minimum Gasteiger partial charge on any atom is -0.507 e. The Morgan fingerprint density at radius 1 is 0.913 bits per heavy atom. The SMILES string of the molecule is CCCCCCCCCCCCCC(=O)c1cc(Cl)ccc1O. The second kappa shape index (κ2) is 12.4. The lowest BCUT2D eigenvalue weighted by Gasteiger charge is -2.05.